The van der Waals surface area contributed by atoms with E-state index in [0.29, 0.717) is 18.3 Å². The SMILES string of the molecule is CC[C@@H](CC(C)C)C[C@@H](CNC(=O)O[C@H](OC(C)=O)C(C)C)C(=O)O. The lowest BCUT2D eigenvalue weighted by Gasteiger charge is -2.23. The van der Waals surface area contributed by atoms with E-state index in [4.69, 9.17) is 9.47 Å². The van der Waals surface area contributed by atoms with Gasteiger partial charge < -0.3 is 19.9 Å². The van der Waals surface area contributed by atoms with E-state index in [1.807, 2.05) is 6.92 Å². The summed E-state index contributed by atoms with van der Waals surface area (Å²) in [5.74, 6) is -1.59. The topological polar surface area (TPSA) is 102 Å². The Balaban J connectivity index is 4.61. The van der Waals surface area contributed by atoms with Crippen molar-refractivity contribution in [2.45, 2.75) is 67.1 Å². The Morgan fingerprint density at radius 2 is 1.64 bits per heavy atom. The normalized spacial score (nSPS) is 14.7. The minimum Gasteiger partial charge on any atom is -0.481 e. The summed E-state index contributed by atoms with van der Waals surface area (Å²) in [5.41, 5.74) is 0. The number of aliphatic carboxylic acids is 1. The highest BCUT2D eigenvalue weighted by molar-refractivity contribution is 5.72. The fourth-order valence-corrected chi connectivity index (χ4v) is 2.58. The molecule has 0 radical (unpaired) electrons. The number of rotatable bonds is 11. The van der Waals surface area contributed by atoms with Crippen molar-refractivity contribution in [3.05, 3.63) is 0 Å². The second kappa shape index (κ2) is 11.7. The van der Waals surface area contributed by atoms with Crippen LogP contribution in [0.2, 0.25) is 0 Å². The van der Waals surface area contributed by atoms with E-state index < -0.39 is 30.2 Å². The van der Waals surface area contributed by atoms with Gasteiger partial charge in [-0.05, 0) is 24.7 Å². The lowest BCUT2D eigenvalue weighted by atomic mass is 9.86. The molecule has 0 fully saturated rings. The highest BCUT2D eigenvalue weighted by Crippen LogP contribution is 2.23. The Bertz CT molecular complexity index is 435. The number of ether oxygens (including phenoxy) is 2. The first kappa shape index (κ1) is 23.2. The summed E-state index contributed by atoms with van der Waals surface area (Å²) in [6, 6.07) is 0. The first-order valence-corrected chi connectivity index (χ1v) is 8.91. The first-order chi connectivity index (χ1) is 11.6. The van der Waals surface area contributed by atoms with Gasteiger partial charge in [-0.3, -0.25) is 9.59 Å². The summed E-state index contributed by atoms with van der Waals surface area (Å²) in [6.07, 6.45) is 0.566. The van der Waals surface area contributed by atoms with E-state index in [1.54, 1.807) is 13.8 Å². The van der Waals surface area contributed by atoms with Gasteiger partial charge in [0.25, 0.3) is 6.29 Å². The predicted octanol–water partition coefficient (Wildman–Crippen LogP) is 3.42. The van der Waals surface area contributed by atoms with Gasteiger partial charge in [0.1, 0.15) is 0 Å². The van der Waals surface area contributed by atoms with Crippen LogP contribution in [0.5, 0.6) is 0 Å². The van der Waals surface area contributed by atoms with Crippen molar-refractivity contribution in [2.24, 2.45) is 23.7 Å². The Morgan fingerprint density at radius 1 is 1.04 bits per heavy atom. The zero-order valence-corrected chi connectivity index (χ0v) is 16.2. The maximum atomic E-state index is 11.9. The van der Waals surface area contributed by atoms with Crippen molar-refractivity contribution in [1.29, 1.82) is 0 Å². The van der Waals surface area contributed by atoms with Gasteiger partial charge in [0.2, 0.25) is 0 Å². The number of carboxylic acids is 1. The van der Waals surface area contributed by atoms with Crippen LogP contribution in [0.15, 0.2) is 0 Å². The number of carbonyl (C=O) groups is 3. The average Bonchev–Trinajstić information content (AvgIpc) is 2.48. The number of nitrogens with one attached hydrogen (secondary N) is 1. The van der Waals surface area contributed by atoms with Crippen molar-refractivity contribution >= 4 is 18.0 Å². The number of alkyl carbamates (subject to hydrolysis) is 1. The van der Waals surface area contributed by atoms with Gasteiger partial charge in [-0.1, -0.05) is 41.0 Å². The van der Waals surface area contributed by atoms with Gasteiger partial charge in [0, 0.05) is 19.4 Å². The van der Waals surface area contributed by atoms with Gasteiger partial charge in [-0.25, -0.2) is 4.79 Å². The Hall–Kier alpha value is -1.79. The number of esters is 1. The van der Waals surface area contributed by atoms with E-state index in [1.165, 1.54) is 6.92 Å². The van der Waals surface area contributed by atoms with Crippen molar-refractivity contribution in [3.63, 3.8) is 0 Å². The molecule has 0 aliphatic carbocycles. The average molecular weight is 359 g/mol. The lowest BCUT2D eigenvalue weighted by molar-refractivity contribution is -0.172. The molecular weight excluding hydrogens is 326 g/mol. The fraction of sp³-hybridized carbons (Fsp3) is 0.833. The van der Waals surface area contributed by atoms with E-state index in [2.05, 4.69) is 19.2 Å². The van der Waals surface area contributed by atoms with Gasteiger partial charge in [-0.15, -0.1) is 0 Å². The maximum absolute atomic E-state index is 11.9. The van der Waals surface area contributed by atoms with Gasteiger partial charge in [0.15, 0.2) is 0 Å². The molecule has 0 aliphatic rings. The largest absolute Gasteiger partial charge is 0.481 e. The van der Waals surface area contributed by atoms with Crippen molar-refractivity contribution in [2.75, 3.05) is 6.54 Å². The molecule has 0 spiro atoms. The highest BCUT2D eigenvalue weighted by atomic mass is 16.7. The smallest absolute Gasteiger partial charge is 0.410 e. The molecule has 7 nitrogen and oxygen atoms in total. The molecule has 2 N–H and O–H groups in total. The summed E-state index contributed by atoms with van der Waals surface area (Å²) in [7, 11) is 0. The Kier molecular flexibility index (Phi) is 10.9. The zero-order valence-electron chi connectivity index (χ0n) is 16.2. The standard InChI is InChI=1S/C18H33NO6/c1-7-14(8-11(2)3)9-15(16(21)22)10-19-18(23)25-17(12(4)5)24-13(6)20/h11-12,14-15,17H,7-10H2,1-6H3,(H,19,23)(H,21,22)/t14-,15-,17-/m0/s1. The molecule has 0 unspecified atom stereocenters. The number of carboxylic acid groups (broad SMARTS) is 1. The summed E-state index contributed by atoms with van der Waals surface area (Å²) < 4.78 is 9.99. The van der Waals surface area contributed by atoms with Crippen LogP contribution in [-0.4, -0.2) is 36.0 Å². The molecule has 0 aromatic rings. The summed E-state index contributed by atoms with van der Waals surface area (Å²) in [4.78, 5) is 34.4. The van der Waals surface area contributed by atoms with Crippen LogP contribution in [0.3, 0.4) is 0 Å². The van der Waals surface area contributed by atoms with Crippen LogP contribution in [0.4, 0.5) is 4.79 Å². The molecule has 3 atom stereocenters. The molecule has 0 aromatic carbocycles. The molecule has 25 heavy (non-hydrogen) atoms. The monoisotopic (exact) mass is 359 g/mol. The predicted molar refractivity (Wildman–Crippen MR) is 93.9 cm³/mol. The third-order valence-corrected chi connectivity index (χ3v) is 3.89. The van der Waals surface area contributed by atoms with E-state index in [9.17, 15) is 19.5 Å². The molecule has 0 rings (SSSR count). The lowest BCUT2D eigenvalue weighted by Crippen LogP contribution is -2.38. The molecule has 1 amide bonds. The third kappa shape index (κ3) is 10.6. The van der Waals surface area contributed by atoms with Crippen molar-refractivity contribution < 1.29 is 29.0 Å². The van der Waals surface area contributed by atoms with Gasteiger partial charge >= 0.3 is 18.0 Å². The molecule has 0 saturated heterocycles. The van der Waals surface area contributed by atoms with Crippen LogP contribution in [0.1, 0.15) is 60.8 Å². The zero-order chi connectivity index (χ0) is 19.6. The fourth-order valence-electron chi connectivity index (χ4n) is 2.58. The van der Waals surface area contributed by atoms with E-state index in [-0.39, 0.29) is 12.5 Å². The van der Waals surface area contributed by atoms with Crippen LogP contribution < -0.4 is 5.32 Å². The van der Waals surface area contributed by atoms with Crippen LogP contribution in [0, 0.1) is 23.7 Å². The highest BCUT2D eigenvalue weighted by Gasteiger charge is 2.25. The Morgan fingerprint density at radius 3 is 2.04 bits per heavy atom. The van der Waals surface area contributed by atoms with E-state index >= 15 is 0 Å². The summed E-state index contributed by atoms with van der Waals surface area (Å²) in [5, 5.41) is 11.9. The minimum atomic E-state index is -0.995. The van der Waals surface area contributed by atoms with Crippen molar-refractivity contribution in [1.82, 2.24) is 5.32 Å². The van der Waals surface area contributed by atoms with Gasteiger partial charge in [-0.2, -0.15) is 0 Å². The van der Waals surface area contributed by atoms with Gasteiger partial charge in [0.05, 0.1) is 5.92 Å². The molecule has 0 bridgehead atoms. The molecular formula is C18H33NO6. The van der Waals surface area contributed by atoms with Crippen LogP contribution in [-0.2, 0) is 19.1 Å². The quantitative estimate of drug-likeness (QED) is 0.433. The molecule has 0 aromatic heterocycles. The second-order valence-electron chi connectivity index (χ2n) is 7.18. The molecule has 0 aliphatic heterocycles. The minimum absolute atomic E-state index is 0.0202. The number of amides is 1. The summed E-state index contributed by atoms with van der Waals surface area (Å²) in [6.45, 7) is 11.0. The number of hydrogen-bond acceptors (Lipinski definition) is 5. The third-order valence-electron chi connectivity index (χ3n) is 3.89. The van der Waals surface area contributed by atoms with E-state index in [0.717, 1.165) is 12.8 Å². The molecule has 146 valence electrons. The molecule has 0 heterocycles. The van der Waals surface area contributed by atoms with Crippen molar-refractivity contribution in [3.8, 4) is 0 Å². The first-order valence-electron chi connectivity index (χ1n) is 8.91. The molecule has 0 saturated carbocycles. The van der Waals surface area contributed by atoms with Crippen LogP contribution >= 0.6 is 0 Å². The summed E-state index contributed by atoms with van der Waals surface area (Å²) >= 11 is 0. The van der Waals surface area contributed by atoms with Crippen LogP contribution in [0.25, 0.3) is 0 Å². The Labute approximate surface area is 150 Å². The number of hydrogen-bond donors (Lipinski definition) is 2. The molecule has 7 heteroatoms. The second-order valence-corrected chi connectivity index (χ2v) is 7.18. The number of carbonyl (C=O) groups excluding carboxylic acids is 2. The maximum Gasteiger partial charge on any atom is 0.410 e.